The predicted molar refractivity (Wildman–Crippen MR) is 44.6 cm³/mol. The smallest absolute Gasteiger partial charge is 0.0602 e. The molecule has 60 valence electrons. The molecule has 0 atom stereocenters. The molecule has 0 saturated carbocycles. The Labute approximate surface area is 65.8 Å². The number of anilines is 1. The van der Waals surface area contributed by atoms with Crippen LogP contribution in [0, 0.1) is 0 Å². The van der Waals surface area contributed by atoms with E-state index in [9.17, 15) is 0 Å². The van der Waals surface area contributed by atoms with Crippen molar-refractivity contribution >= 4 is 5.69 Å². The molecule has 0 aliphatic heterocycles. The molecule has 11 heavy (non-hydrogen) atoms. The molecule has 3 heteroatoms. The van der Waals surface area contributed by atoms with Crippen LogP contribution < -0.4 is 11.2 Å². The molecule has 0 heterocycles. The SMILES string of the molecule is NCCc1ccc(NO)cc1. The third-order valence-electron chi connectivity index (χ3n) is 1.52. The normalized spacial score (nSPS) is 9.64. The van der Waals surface area contributed by atoms with E-state index in [0.717, 1.165) is 6.42 Å². The number of hydrogen-bond acceptors (Lipinski definition) is 3. The van der Waals surface area contributed by atoms with Gasteiger partial charge >= 0.3 is 0 Å². The third-order valence-corrected chi connectivity index (χ3v) is 1.52. The van der Waals surface area contributed by atoms with Crippen LogP contribution in [0.4, 0.5) is 5.69 Å². The van der Waals surface area contributed by atoms with Gasteiger partial charge in [0.1, 0.15) is 0 Å². The van der Waals surface area contributed by atoms with Crippen molar-refractivity contribution in [1.29, 1.82) is 0 Å². The topological polar surface area (TPSA) is 58.3 Å². The lowest BCUT2D eigenvalue weighted by Gasteiger charge is -2.00. The zero-order valence-corrected chi connectivity index (χ0v) is 6.25. The van der Waals surface area contributed by atoms with Crippen LogP contribution in [-0.2, 0) is 6.42 Å². The van der Waals surface area contributed by atoms with Gasteiger partial charge in [-0.2, -0.15) is 0 Å². The highest BCUT2D eigenvalue weighted by atomic mass is 16.5. The lowest BCUT2D eigenvalue weighted by molar-refractivity contribution is 0.389. The fourth-order valence-corrected chi connectivity index (χ4v) is 0.913. The molecule has 0 amide bonds. The second-order valence-electron chi connectivity index (χ2n) is 2.35. The van der Waals surface area contributed by atoms with E-state index in [2.05, 4.69) is 5.48 Å². The molecular formula is C8H12N2O. The quantitative estimate of drug-likeness (QED) is 0.566. The highest BCUT2D eigenvalue weighted by Crippen LogP contribution is 2.07. The van der Waals surface area contributed by atoms with E-state index in [-0.39, 0.29) is 0 Å². The van der Waals surface area contributed by atoms with Crippen molar-refractivity contribution in [3.8, 4) is 0 Å². The minimum atomic E-state index is 0.659. The van der Waals surface area contributed by atoms with Crippen molar-refractivity contribution in [3.05, 3.63) is 29.8 Å². The van der Waals surface area contributed by atoms with Crippen molar-refractivity contribution < 1.29 is 5.21 Å². The van der Waals surface area contributed by atoms with E-state index >= 15 is 0 Å². The molecule has 0 saturated heterocycles. The largest absolute Gasteiger partial charge is 0.330 e. The minimum Gasteiger partial charge on any atom is -0.330 e. The minimum absolute atomic E-state index is 0.659. The van der Waals surface area contributed by atoms with Crippen LogP contribution >= 0.6 is 0 Å². The molecule has 0 spiro atoms. The van der Waals surface area contributed by atoms with Gasteiger partial charge in [0, 0.05) is 0 Å². The van der Waals surface area contributed by atoms with Crippen molar-refractivity contribution in [1.82, 2.24) is 0 Å². The monoisotopic (exact) mass is 152 g/mol. The molecule has 0 radical (unpaired) electrons. The number of hydrogen-bond donors (Lipinski definition) is 3. The van der Waals surface area contributed by atoms with Gasteiger partial charge in [-0.05, 0) is 30.7 Å². The van der Waals surface area contributed by atoms with Gasteiger partial charge < -0.3 is 5.73 Å². The summed E-state index contributed by atoms with van der Waals surface area (Å²) in [5.74, 6) is 0. The number of rotatable bonds is 3. The Morgan fingerprint density at radius 2 is 1.91 bits per heavy atom. The summed E-state index contributed by atoms with van der Waals surface area (Å²) in [4.78, 5) is 0. The van der Waals surface area contributed by atoms with Crippen LogP contribution in [-0.4, -0.2) is 11.8 Å². The van der Waals surface area contributed by atoms with Crippen LogP contribution in [0.2, 0.25) is 0 Å². The van der Waals surface area contributed by atoms with Gasteiger partial charge in [0.15, 0.2) is 0 Å². The first kappa shape index (κ1) is 8.04. The van der Waals surface area contributed by atoms with E-state index in [1.165, 1.54) is 5.56 Å². The van der Waals surface area contributed by atoms with Crippen molar-refractivity contribution in [2.75, 3.05) is 12.0 Å². The van der Waals surface area contributed by atoms with Gasteiger partial charge in [-0.25, -0.2) is 0 Å². The molecule has 0 unspecified atom stereocenters. The van der Waals surface area contributed by atoms with E-state index in [4.69, 9.17) is 10.9 Å². The van der Waals surface area contributed by atoms with Crippen LogP contribution in [0.25, 0.3) is 0 Å². The predicted octanol–water partition coefficient (Wildman–Crippen LogP) is 0.989. The summed E-state index contributed by atoms with van der Waals surface area (Å²) in [6.07, 6.45) is 0.881. The lowest BCUT2D eigenvalue weighted by atomic mass is 10.1. The Hall–Kier alpha value is -1.06. The van der Waals surface area contributed by atoms with Crippen LogP contribution in [0.5, 0.6) is 0 Å². The first-order chi connectivity index (χ1) is 5.36. The van der Waals surface area contributed by atoms with E-state index in [1.54, 1.807) is 0 Å². The summed E-state index contributed by atoms with van der Waals surface area (Å²) in [5, 5.41) is 8.48. The van der Waals surface area contributed by atoms with Gasteiger partial charge in [0.25, 0.3) is 0 Å². The number of benzene rings is 1. The summed E-state index contributed by atoms with van der Waals surface area (Å²) in [6, 6.07) is 7.49. The molecular weight excluding hydrogens is 140 g/mol. The van der Waals surface area contributed by atoms with Crippen molar-refractivity contribution in [3.63, 3.8) is 0 Å². The molecule has 1 rings (SSSR count). The maximum atomic E-state index is 8.48. The maximum absolute atomic E-state index is 8.48. The fraction of sp³-hybridized carbons (Fsp3) is 0.250. The van der Waals surface area contributed by atoms with Gasteiger partial charge in [0.2, 0.25) is 0 Å². The Kier molecular flexibility index (Phi) is 2.89. The first-order valence-corrected chi connectivity index (χ1v) is 3.56. The first-order valence-electron chi connectivity index (χ1n) is 3.56. The molecule has 3 nitrogen and oxygen atoms in total. The Morgan fingerprint density at radius 3 is 2.36 bits per heavy atom. The highest BCUT2D eigenvalue weighted by Gasteiger charge is 1.90. The van der Waals surface area contributed by atoms with Gasteiger partial charge in [-0.3, -0.25) is 10.7 Å². The van der Waals surface area contributed by atoms with Gasteiger partial charge in [-0.15, -0.1) is 0 Å². The van der Waals surface area contributed by atoms with Crippen molar-refractivity contribution in [2.24, 2.45) is 5.73 Å². The molecule has 4 N–H and O–H groups in total. The molecule has 0 fully saturated rings. The van der Waals surface area contributed by atoms with Crippen molar-refractivity contribution in [2.45, 2.75) is 6.42 Å². The molecule has 0 aliphatic rings. The zero-order chi connectivity index (χ0) is 8.10. The molecule has 0 aliphatic carbocycles. The Morgan fingerprint density at radius 1 is 1.27 bits per heavy atom. The summed E-state index contributed by atoms with van der Waals surface area (Å²) in [7, 11) is 0. The zero-order valence-electron chi connectivity index (χ0n) is 6.25. The van der Waals surface area contributed by atoms with Crippen LogP contribution in [0.1, 0.15) is 5.56 Å². The third kappa shape index (κ3) is 2.22. The molecule has 0 aromatic heterocycles. The molecule has 1 aromatic carbocycles. The summed E-state index contributed by atoms with van der Waals surface area (Å²) in [6.45, 7) is 0.659. The summed E-state index contributed by atoms with van der Waals surface area (Å²) in [5.41, 5.74) is 9.32. The Bertz CT molecular complexity index is 208. The Balaban J connectivity index is 2.66. The van der Waals surface area contributed by atoms with E-state index in [1.807, 2.05) is 24.3 Å². The standard InChI is InChI=1S/C8H12N2O/c9-6-5-7-1-3-8(10-11)4-2-7/h1-4,10-11H,5-6,9H2. The summed E-state index contributed by atoms with van der Waals surface area (Å²) < 4.78 is 0. The second kappa shape index (κ2) is 3.95. The summed E-state index contributed by atoms with van der Waals surface area (Å²) >= 11 is 0. The molecule has 0 bridgehead atoms. The van der Waals surface area contributed by atoms with Crippen LogP contribution in [0.15, 0.2) is 24.3 Å². The van der Waals surface area contributed by atoms with E-state index < -0.39 is 0 Å². The number of nitrogens with two attached hydrogens (primary N) is 1. The maximum Gasteiger partial charge on any atom is 0.0602 e. The van der Waals surface area contributed by atoms with Crippen LogP contribution in [0.3, 0.4) is 0 Å². The second-order valence-corrected chi connectivity index (χ2v) is 2.35. The van der Waals surface area contributed by atoms with Gasteiger partial charge in [-0.1, -0.05) is 12.1 Å². The average Bonchev–Trinajstić information content (AvgIpc) is 2.07. The van der Waals surface area contributed by atoms with E-state index in [0.29, 0.717) is 12.2 Å². The number of nitrogens with one attached hydrogen (secondary N) is 1. The lowest BCUT2D eigenvalue weighted by Crippen LogP contribution is -2.02. The molecule has 1 aromatic rings. The van der Waals surface area contributed by atoms with Gasteiger partial charge in [0.05, 0.1) is 5.69 Å². The highest BCUT2D eigenvalue weighted by molar-refractivity contribution is 5.42. The average molecular weight is 152 g/mol. The fourth-order valence-electron chi connectivity index (χ4n) is 0.913.